The number of carbonyl (C=O) groups is 1. The Kier molecular flexibility index (Phi) is 4.96. The van der Waals surface area contributed by atoms with Gasteiger partial charge < -0.3 is 4.90 Å². The van der Waals surface area contributed by atoms with Gasteiger partial charge in [0.15, 0.2) is 0 Å². The maximum absolute atomic E-state index is 12.6. The quantitative estimate of drug-likeness (QED) is 0.815. The molecule has 1 saturated heterocycles. The van der Waals surface area contributed by atoms with E-state index < -0.39 is 0 Å². The van der Waals surface area contributed by atoms with E-state index in [0.29, 0.717) is 25.0 Å². The molecule has 1 aromatic carbocycles. The second-order valence-corrected chi connectivity index (χ2v) is 7.66. The molecule has 0 unspecified atom stereocenters. The molecule has 5 nitrogen and oxygen atoms in total. The van der Waals surface area contributed by atoms with Crippen LogP contribution in [0, 0.1) is 0 Å². The summed E-state index contributed by atoms with van der Waals surface area (Å²) in [6, 6.07) is 7.03. The number of nitrogens with one attached hydrogen (secondary N) is 1. The van der Waals surface area contributed by atoms with Crippen LogP contribution in [0.15, 0.2) is 37.1 Å². The monoisotopic (exact) mass is 366 g/mol. The van der Waals surface area contributed by atoms with E-state index >= 15 is 0 Å². The summed E-state index contributed by atoms with van der Waals surface area (Å²) in [5, 5.41) is 1.35. The third-order valence-electron chi connectivity index (χ3n) is 6.29. The number of aromatic nitrogens is 1. The lowest BCUT2D eigenvalue weighted by Crippen LogP contribution is -2.46. The van der Waals surface area contributed by atoms with Crippen LogP contribution >= 0.6 is 0 Å². The lowest BCUT2D eigenvalue weighted by Gasteiger charge is -2.43. The molecule has 1 aliphatic heterocycles. The van der Waals surface area contributed by atoms with Gasteiger partial charge in [-0.3, -0.25) is 9.58 Å². The zero-order valence-corrected chi connectivity index (χ0v) is 16.4. The first-order valence-electron chi connectivity index (χ1n) is 10.2. The predicted molar refractivity (Wildman–Crippen MR) is 111 cm³/mol. The lowest BCUT2D eigenvalue weighted by molar-refractivity contribution is 0.139. The number of hydrogen-bond donors (Lipinski definition) is 1. The van der Waals surface area contributed by atoms with E-state index in [-0.39, 0.29) is 6.03 Å². The van der Waals surface area contributed by atoms with Crippen molar-refractivity contribution in [2.45, 2.75) is 45.1 Å². The topological polar surface area (TPSA) is 40.5 Å². The van der Waals surface area contributed by atoms with Gasteiger partial charge in [0.1, 0.15) is 0 Å². The highest BCUT2D eigenvalue weighted by Gasteiger charge is 2.37. The molecule has 27 heavy (non-hydrogen) atoms. The Morgan fingerprint density at radius 2 is 2.19 bits per heavy atom. The van der Waals surface area contributed by atoms with Gasteiger partial charge in [-0.1, -0.05) is 18.2 Å². The summed E-state index contributed by atoms with van der Waals surface area (Å²) in [5.74, 6) is 0.573. The summed E-state index contributed by atoms with van der Waals surface area (Å²) in [7, 11) is 0. The Bertz CT molecular complexity index is 851. The maximum Gasteiger partial charge on any atom is 0.336 e. The normalized spacial score (nSPS) is 21.7. The molecule has 2 atom stereocenters. The third-order valence-corrected chi connectivity index (χ3v) is 6.29. The molecular weight excluding hydrogens is 336 g/mol. The summed E-state index contributed by atoms with van der Waals surface area (Å²) in [6.45, 7) is 11.5. The average Bonchev–Trinajstić information content (AvgIpc) is 3.02. The summed E-state index contributed by atoms with van der Waals surface area (Å²) in [6.07, 6.45) is 7.68. The summed E-state index contributed by atoms with van der Waals surface area (Å²) < 4.78 is 1.93. The maximum atomic E-state index is 12.6. The highest BCUT2D eigenvalue weighted by molar-refractivity contribution is 5.92. The van der Waals surface area contributed by atoms with Crippen molar-refractivity contribution in [2.24, 2.45) is 0 Å². The van der Waals surface area contributed by atoms with Crippen LogP contribution in [0.2, 0.25) is 0 Å². The second-order valence-electron chi connectivity index (χ2n) is 7.66. The summed E-state index contributed by atoms with van der Waals surface area (Å²) in [5.41, 5.74) is 6.99. The van der Waals surface area contributed by atoms with Crippen molar-refractivity contribution in [3.05, 3.63) is 48.2 Å². The molecule has 4 rings (SSSR count). The number of amides is 2. The van der Waals surface area contributed by atoms with Crippen molar-refractivity contribution >= 4 is 16.9 Å². The molecule has 2 amide bonds. The molecule has 0 saturated carbocycles. The molecule has 2 aromatic rings. The molecule has 2 aliphatic rings. The van der Waals surface area contributed by atoms with Gasteiger partial charge in [0.2, 0.25) is 0 Å². The van der Waals surface area contributed by atoms with Crippen molar-refractivity contribution < 1.29 is 4.79 Å². The van der Waals surface area contributed by atoms with Gasteiger partial charge >= 0.3 is 6.03 Å². The largest absolute Gasteiger partial charge is 0.336 e. The number of nitrogens with zero attached hydrogens (tertiary/aromatic N) is 3. The molecule has 0 radical (unpaired) electrons. The van der Waals surface area contributed by atoms with Crippen LogP contribution in [0.4, 0.5) is 4.79 Å². The number of likely N-dealkylation sites (tertiary alicyclic amines) is 1. The zero-order valence-electron chi connectivity index (χ0n) is 16.4. The number of piperidine rings is 1. The number of rotatable bonds is 5. The number of carbonyl (C=O) groups excluding carboxylic acids is 1. The van der Waals surface area contributed by atoms with Crippen LogP contribution in [0.5, 0.6) is 0 Å². The van der Waals surface area contributed by atoms with Crippen molar-refractivity contribution in [2.75, 3.05) is 31.6 Å². The van der Waals surface area contributed by atoms with Crippen LogP contribution in [0.1, 0.15) is 43.7 Å². The highest BCUT2D eigenvalue weighted by Crippen LogP contribution is 2.43. The van der Waals surface area contributed by atoms with Gasteiger partial charge in [0.25, 0.3) is 0 Å². The van der Waals surface area contributed by atoms with Crippen LogP contribution in [0.25, 0.3) is 10.9 Å². The van der Waals surface area contributed by atoms with Gasteiger partial charge in [-0.05, 0) is 56.8 Å². The van der Waals surface area contributed by atoms with Gasteiger partial charge in [-0.15, -0.1) is 6.58 Å². The molecule has 1 N–H and O–H groups in total. The van der Waals surface area contributed by atoms with E-state index in [1.807, 2.05) is 24.6 Å². The van der Waals surface area contributed by atoms with E-state index in [2.05, 4.69) is 41.3 Å². The lowest BCUT2D eigenvalue weighted by atomic mass is 9.75. The number of benzene rings is 1. The van der Waals surface area contributed by atoms with Crippen LogP contribution in [-0.4, -0.2) is 52.7 Å². The Balaban J connectivity index is 1.72. The van der Waals surface area contributed by atoms with E-state index in [9.17, 15) is 4.79 Å². The van der Waals surface area contributed by atoms with Crippen molar-refractivity contribution in [1.29, 1.82) is 0 Å². The first-order chi connectivity index (χ1) is 13.2. The minimum atomic E-state index is -0.0428. The van der Waals surface area contributed by atoms with Gasteiger partial charge in [0.05, 0.1) is 5.52 Å². The molecule has 5 heteroatoms. The minimum Gasteiger partial charge on any atom is -0.324 e. The SMILES string of the molecule is C=CCN1CCC[C@@H]2c3cccc4c3c(cn4NC(=O)N(CC)CC)C[C@H]21. The van der Waals surface area contributed by atoms with Crippen molar-refractivity contribution in [3.8, 4) is 0 Å². The van der Waals surface area contributed by atoms with E-state index in [1.54, 1.807) is 4.90 Å². The molecule has 0 bridgehead atoms. The predicted octanol–water partition coefficient (Wildman–Crippen LogP) is 3.94. The Hall–Kier alpha value is -2.27. The Morgan fingerprint density at radius 3 is 2.93 bits per heavy atom. The fourth-order valence-corrected chi connectivity index (χ4v) is 5.02. The van der Waals surface area contributed by atoms with Crippen LogP contribution in [0.3, 0.4) is 0 Å². The van der Waals surface area contributed by atoms with E-state index in [0.717, 1.165) is 25.0 Å². The Labute approximate surface area is 161 Å². The molecular formula is C22H30N4O. The van der Waals surface area contributed by atoms with E-state index in [4.69, 9.17) is 0 Å². The van der Waals surface area contributed by atoms with Crippen molar-refractivity contribution in [3.63, 3.8) is 0 Å². The molecule has 1 aromatic heterocycles. The third kappa shape index (κ3) is 3.04. The van der Waals surface area contributed by atoms with Gasteiger partial charge in [-0.2, -0.15) is 0 Å². The smallest absolute Gasteiger partial charge is 0.324 e. The number of urea groups is 1. The average molecular weight is 367 g/mol. The second kappa shape index (κ2) is 7.39. The fourth-order valence-electron chi connectivity index (χ4n) is 5.02. The van der Waals surface area contributed by atoms with Crippen molar-refractivity contribution in [1.82, 2.24) is 14.5 Å². The molecule has 1 fully saturated rings. The summed E-state index contributed by atoms with van der Waals surface area (Å²) >= 11 is 0. The molecule has 2 heterocycles. The first kappa shape index (κ1) is 18.1. The van der Waals surface area contributed by atoms with Gasteiger partial charge in [0, 0.05) is 43.2 Å². The van der Waals surface area contributed by atoms with Crippen LogP contribution < -0.4 is 5.43 Å². The first-order valence-corrected chi connectivity index (χ1v) is 10.2. The molecule has 0 spiro atoms. The highest BCUT2D eigenvalue weighted by atomic mass is 16.2. The fraction of sp³-hybridized carbons (Fsp3) is 0.500. The van der Waals surface area contributed by atoms with E-state index in [1.165, 1.54) is 29.4 Å². The standard InChI is InChI=1S/C22H30N4O/c1-4-12-25-13-8-10-17-18-9-7-11-19-21(18)16(14-20(17)25)15-26(19)23-22(27)24(5-2)6-3/h4,7,9,11,15,17,20H,1,5-6,8,10,12-14H2,2-3H3,(H,23,27)/t17-,20-/m1/s1. The molecule has 1 aliphatic carbocycles. The number of hydrogen-bond acceptors (Lipinski definition) is 2. The van der Waals surface area contributed by atoms with Gasteiger partial charge in [-0.25, -0.2) is 10.2 Å². The Morgan fingerprint density at radius 1 is 1.37 bits per heavy atom. The number of fused-ring (bicyclic) bond motifs is 2. The summed E-state index contributed by atoms with van der Waals surface area (Å²) in [4.78, 5) is 17.0. The minimum absolute atomic E-state index is 0.0428. The zero-order chi connectivity index (χ0) is 19.0. The van der Waals surface area contributed by atoms with Crippen LogP contribution in [-0.2, 0) is 6.42 Å². The molecule has 144 valence electrons.